The maximum Gasteiger partial charge on any atom is 0.230 e. The number of aromatic amines is 1. The van der Waals surface area contributed by atoms with Crippen molar-refractivity contribution < 1.29 is 4.79 Å². The minimum Gasteiger partial charge on any atom is -0.328 e. The molecule has 0 saturated heterocycles. The number of rotatable bonds is 4. The molecule has 1 amide bonds. The van der Waals surface area contributed by atoms with E-state index < -0.39 is 0 Å². The SMILES string of the molecule is NC1CC(c2cc(NC(=O)Cc3cccc4ccccc34)n[nH]2)C1. The van der Waals surface area contributed by atoms with Gasteiger partial charge < -0.3 is 11.1 Å². The minimum atomic E-state index is -0.0605. The molecule has 1 aliphatic rings. The van der Waals surface area contributed by atoms with Crippen molar-refractivity contribution in [3.05, 3.63) is 59.8 Å². The van der Waals surface area contributed by atoms with Crippen molar-refractivity contribution in [1.82, 2.24) is 10.2 Å². The fourth-order valence-corrected chi connectivity index (χ4v) is 3.33. The van der Waals surface area contributed by atoms with E-state index in [9.17, 15) is 4.79 Å². The largest absolute Gasteiger partial charge is 0.328 e. The van der Waals surface area contributed by atoms with Gasteiger partial charge in [0.15, 0.2) is 5.82 Å². The first-order valence-corrected chi connectivity index (χ1v) is 8.26. The second-order valence-electron chi connectivity index (χ2n) is 6.50. The molecule has 0 unspecified atom stereocenters. The monoisotopic (exact) mass is 320 g/mol. The van der Waals surface area contributed by atoms with E-state index in [1.807, 2.05) is 36.4 Å². The Morgan fingerprint density at radius 1 is 1.21 bits per heavy atom. The Bertz CT molecular complexity index is 874. The number of carbonyl (C=O) groups is 1. The summed E-state index contributed by atoms with van der Waals surface area (Å²) >= 11 is 0. The third-order valence-electron chi connectivity index (χ3n) is 4.71. The van der Waals surface area contributed by atoms with E-state index >= 15 is 0 Å². The van der Waals surface area contributed by atoms with Crippen molar-refractivity contribution in [2.75, 3.05) is 5.32 Å². The summed E-state index contributed by atoms with van der Waals surface area (Å²) in [6, 6.07) is 16.3. The quantitative estimate of drug-likeness (QED) is 0.691. The lowest BCUT2D eigenvalue weighted by Crippen LogP contribution is -2.34. The van der Waals surface area contributed by atoms with Crippen LogP contribution in [0.3, 0.4) is 0 Å². The third-order valence-corrected chi connectivity index (χ3v) is 4.71. The summed E-state index contributed by atoms with van der Waals surface area (Å²) in [5, 5.41) is 12.3. The number of fused-ring (bicyclic) bond motifs is 1. The molecule has 1 saturated carbocycles. The van der Waals surface area contributed by atoms with Crippen molar-refractivity contribution in [3.8, 4) is 0 Å². The number of hydrogen-bond acceptors (Lipinski definition) is 3. The Hall–Kier alpha value is -2.66. The number of carbonyl (C=O) groups excluding carboxylic acids is 1. The predicted molar refractivity (Wildman–Crippen MR) is 94.8 cm³/mol. The molecule has 1 aliphatic carbocycles. The molecule has 0 spiro atoms. The highest BCUT2D eigenvalue weighted by molar-refractivity contribution is 5.95. The predicted octanol–water partition coefficient (Wildman–Crippen LogP) is 2.95. The van der Waals surface area contributed by atoms with Gasteiger partial charge in [-0.15, -0.1) is 0 Å². The van der Waals surface area contributed by atoms with Crippen LogP contribution in [0.4, 0.5) is 5.82 Å². The van der Waals surface area contributed by atoms with Crippen molar-refractivity contribution in [2.24, 2.45) is 5.73 Å². The summed E-state index contributed by atoms with van der Waals surface area (Å²) in [6.07, 6.45) is 2.29. The van der Waals surface area contributed by atoms with Gasteiger partial charge in [0.05, 0.1) is 6.42 Å². The molecule has 5 heteroatoms. The number of amides is 1. The van der Waals surface area contributed by atoms with E-state index in [0.29, 0.717) is 24.2 Å². The van der Waals surface area contributed by atoms with Crippen LogP contribution in [0.15, 0.2) is 48.5 Å². The molecule has 0 bridgehead atoms. The van der Waals surface area contributed by atoms with Gasteiger partial charge in [-0.2, -0.15) is 5.10 Å². The summed E-state index contributed by atoms with van der Waals surface area (Å²) in [4.78, 5) is 12.4. The topological polar surface area (TPSA) is 83.8 Å². The van der Waals surface area contributed by atoms with E-state index in [4.69, 9.17) is 5.73 Å². The maximum atomic E-state index is 12.4. The Kier molecular flexibility index (Phi) is 3.78. The average Bonchev–Trinajstić information content (AvgIpc) is 3.00. The molecule has 2 aromatic carbocycles. The van der Waals surface area contributed by atoms with E-state index in [1.165, 1.54) is 0 Å². The average molecular weight is 320 g/mol. The molecular weight excluding hydrogens is 300 g/mol. The summed E-state index contributed by atoms with van der Waals surface area (Å²) < 4.78 is 0. The molecule has 24 heavy (non-hydrogen) atoms. The van der Waals surface area contributed by atoms with Crippen LogP contribution in [0.2, 0.25) is 0 Å². The second kappa shape index (κ2) is 6.09. The number of H-pyrrole nitrogens is 1. The Balaban J connectivity index is 1.45. The lowest BCUT2D eigenvalue weighted by molar-refractivity contribution is -0.115. The number of anilines is 1. The van der Waals surface area contributed by atoms with Crippen LogP contribution in [0.25, 0.3) is 10.8 Å². The van der Waals surface area contributed by atoms with Crippen LogP contribution in [0, 0.1) is 0 Å². The molecule has 1 heterocycles. The summed E-state index contributed by atoms with van der Waals surface area (Å²) in [5.74, 6) is 0.960. The number of hydrogen-bond donors (Lipinski definition) is 3. The summed E-state index contributed by atoms with van der Waals surface area (Å²) in [7, 11) is 0. The molecule has 5 nitrogen and oxygen atoms in total. The fraction of sp³-hybridized carbons (Fsp3) is 0.263. The van der Waals surface area contributed by atoms with Crippen LogP contribution in [0.5, 0.6) is 0 Å². The zero-order valence-electron chi connectivity index (χ0n) is 13.3. The Morgan fingerprint density at radius 3 is 2.83 bits per heavy atom. The van der Waals surface area contributed by atoms with Crippen molar-refractivity contribution in [2.45, 2.75) is 31.2 Å². The lowest BCUT2D eigenvalue weighted by atomic mass is 9.79. The van der Waals surface area contributed by atoms with Crippen molar-refractivity contribution in [1.29, 1.82) is 0 Å². The van der Waals surface area contributed by atoms with Crippen LogP contribution in [0.1, 0.15) is 30.0 Å². The van der Waals surface area contributed by atoms with E-state index in [2.05, 4.69) is 27.6 Å². The molecule has 3 aromatic rings. The first kappa shape index (κ1) is 14.9. The molecule has 1 aromatic heterocycles. The molecule has 4 N–H and O–H groups in total. The van der Waals surface area contributed by atoms with Gasteiger partial charge in [0.1, 0.15) is 0 Å². The van der Waals surface area contributed by atoms with Gasteiger partial charge in [-0.1, -0.05) is 42.5 Å². The summed E-state index contributed by atoms with van der Waals surface area (Å²) in [5.41, 5.74) is 7.89. The third kappa shape index (κ3) is 2.90. The molecule has 0 atom stereocenters. The molecule has 122 valence electrons. The van der Waals surface area contributed by atoms with E-state index in [-0.39, 0.29) is 5.91 Å². The standard InChI is InChI=1S/C19H20N4O/c20-15-8-14(9-15)17-11-18(23-22-17)21-19(24)10-13-6-3-5-12-4-1-2-7-16(12)13/h1-7,11,14-15H,8-10,20H2,(H2,21,22,23,24). The molecule has 0 aliphatic heterocycles. The number of nitrogens with zero attached hydrogens (tertiary/aromatic N) is 1. The number of nitrogens with two attached hydrogens (primary N) is 1. The van der Waals surface area contributed by atoms with Gasteiger partial charge in [0.2, 0.25) is 5.91 Å². The number of aromatic nitrogens is 2. The first-order chi connectivity index (χ1) is 11.7. The van der Waals surface area contributed by atoms with Crippen LogP contribution < -0.4 is 11.1 Å². The highest BCUT2D eigenvalue weighted by Gasteiger charge is 2.28. The molecule has 1 fully saturated rings. The molecule has 0 radical (unpaired) electrons. The van der Waals surface area contributed by atoms with Crippen molar-refractivity contribution >= 4 is 22.5 Å². The normalized spacial score (nSPS) is 19.9. The van der Waals surface area contributed by atoms with Gasteiger partial charge in [-0.05, 0) is 29.2 Å². The smallest absolute Gasteiger partial charge is 0.230 e. The van der Waals surface area contributed by atoms with Gasteiger partial charge in [-0.3, -0.25) is 9.89 Å². The van der Waals surface area contributed by atoms with Gasteiger partial charge in [0, 0.05) is 23.7 Å². The van der Waals surface area contributed by atoms with Crippen LogP contribution >= 0.6 is 0 Å². The Labute approximate surface area is 140 Å². The Morgan fingerprint density at radius 2 is 2.00 bits per heavy atom. The zero-order valence-corrected chi connectivity index (χ0v) is 13.3. The lowest BCUT2D eigenvalue weighted by Gasteiger charge is -2.31. The maximum absolute atomic E-state index is 12.4. The van der Waals surface area contributed by atoms with Gasteiger partial charge in [-0.25, -0.2) is 0 Å². The first-order valence-electron chi connectivity index (χ1n) is 8.26. The zero-order chi connectivity index (χ0) is 16.5. The van der Waals surface area contributed by atoms with Gasteiger partial charge >= 0.3 is 0 Å². The fourth-order valence-electron chi connectivity index (χ4n) is 3.33. The molecule has 4 rings (SSSR count). The van der Waals surface area contributed by atoms with E-state index in [1.54, 1.807) is 0 Å². The number of nitrogens with one attached hydrogen (secondary N) is 2. The van der Waals surface area contributed by atoms with Gasteiger partial charge in [0.25, 0.3) is 0 Å². The second-order valence-corrected chi connectivity index (χ2v) is 6.50. The highest BCUT2D eigenvalue weighted by Crippen LogP contribution is 2.35. The molecular formula is C19H20N4O. The minimum absolute atomic E-state index is 0.0605. The van der Waals surface area contributed by atoms with Crippen LogP contribution in [-0.4, -0.2) is 22.1 Å². The van der Waals surface area contributed by atoms with E-state index in [0.717, 1.165) is 34.9 Å². The van der Waals surface area contributed by atoms with Crippen molar-refractivity contribution in [3.63, 3.8) is 0 Å². The highest BCUT2D eigenvalue weighted by atomic mass is 16.1. The van der Waals surface area contributed by atoms with Crippen LogP contribution in [-0.2, 0) is 11.2 Å². The number of benzene rings is 2. The summed E-state index contributed by atoms with van der Waals surface area (Å²) in [6.45, 7) is 0.